The third-order valence-electron chi connectivity index (χ3n) is 2.73. The maximum absolute atomic E-state index is 5.80. The van der Waals surface area contributed by atoms with Crippen molar-refractivity contribution in [3.63, 3.8) is 0 Å². The molecule has 1 heterocycles. The van der Waals surface area contributed by atoms with Gasteiger partial charge in [-0.2, -0.15) is 0 Å². The number of hydrogen-bond donors (Lipinski definition) is 1. The molecular formula is C13H21ClN2O2. The number of ether oxygens (including phenoxy) is 2. The summed E-state index contributed by atoms with van der Waals surface area (Å²) in [6.07, 6.45) is 1.58. The van der Waals surface area contributed by atoms with Crippen LogP contribution >= 0.6 is 11.6 Å². The first kappa shape index (κ1) is 15.2. The van der Waals surface area contributed by atoms with Crippen LogP contribution in [0.2, 0.25) is 5.02 Å². The molecule has 0 aliphatic rings. The molecule has 102 valence electrons. The van der Waals surface area contributed by atoms with E-state index in [0.717, 1.165) is 0 Å². The maximum atomic E-state index is 5.80. The van der Waals surface area contributed by atoms with Crippen molar-refractivity contribution in [3.8, 4) is 5.88 Å². The fourth-order valence-corrected chi connectivity index (χ4v) is 1.36. The molecule has 0 aliphatic heterocycles. The highest BCUT2D eigenvalue weighted by molar-refractivity contribution is 6.30. The molecule has 0 radical (unpaired) electrons. The van der Waals surface area contributed by atoms with Gasteiger partial charge in [0.2, 0.25) is 5.88 Å². The van der Waals surface area contributed by atoms with Gasteiger partial charge in [-0.15, -0.1) is 0 Å². The molecule has 1 aromatic heterocycles. The lowest BCUT2D eigenvalue weighted by Crippen LogP contribution is -2.34. The van der Waals surface area contributed by atoms with Gasteiger partial charge in [-0.1, -0.05) is 25.4 Å². The number of halogens is 1. The topological polar surface area (TPSA) is 57.4 Å². The molecule has 0 fully saturated rings. The Morgan fingerprint density at radius 1 is 1.33 bits per heavy atom. The minimum Gasteiger partial charge on any atom is -0.475 e. The van der Waals surface area contributed by atoms with E-state index in [1.807, 2.05) is 6.92 Å². The summed E-state index contributed by atoms with van der Waals surface area (Å²) in [4.78, 5) is 4.05. The van der Waals surface area contributed by atoms with Crippen LogP contribution in [-0.2, 0) is 4.74 Å². The van der Waals surface area contributed by atoms with Crippen LogP contribution in [0.4, 0.5) is 0 Å². The van der Waals surface area contributed by atoms with E-state index in [2.05, 4.69) is 18.8 Å². The summed E-state index contributed by atoms with van der Waals surface area (Å²) in [7, 11) is 0. The van der Waals surface area contributed by atoms with E-state index in [0.29, 0.717) is 30.0 Å². The summed E-state index contributed by atoms with van der Waals surface area (Å²) in [5, 5.41) is 0.586. The zero-order valence-corrected chi connectivity index (χ0v) is 11.9. The Hall–Kier alpha value is -0.840. The predicted molar refractivity (Wildman–Crippen MR) is 73.0 cm³/mol. The summed E-state index contributed by atoms with van der Waals surface area (Å²) in [5.74, 6) is 0.978. The highest BCUT2D eigenvalue weighted by Crippen LogP contribution is 2.13. The van der Waals surface area contributed by atoms with Crippen molar-refractivity contribution in [1.82, 2.24) is 4.98 Å². The molecule has 1 aromatic rings. The van der Waals surface area contributed by atoms with Crippen LogP contribution < -0.4 is 10.5 Å². The van der Waals surface area contributed by atoms with Gasteiger partial charge in [0.1, 0.15) is 12.7 Å². The fourth-order valence-electron chi connectivity index (χ4n) is 1.25. The van der Waals surface area contributed by atoms with Gasteiger partial charge < -0.3 is 15.2 Å². The van der Waals surface area contributed by atoms with Crippen LogP contribution in [-0.4, -0.2) is 30.3 Å². The molecule has 5 heteroatoms. The summed E-state index contributed by atoms with van der Waals surface area (Å²) in [5.41, 5.74) is 5.66. The molecule has 0 unspecified atom stereocenters. The molecule has 2 atom stereocenters. The van der Waals surface area contributed by atoms with Crippen LogP contribution in [0.25, 0.3) is 0 Å². The van der Waals surface area contributed by atoms with E-state index >= 15 is 0 Å². The summed E-state index contributed by atoms with van der Waals surface area (Å²) >= 11 is 5.74. The van der Waals surface area contributed by atoms with Crippen molar-refractivity contribution in [2.24, 2.45) is 11.7 Å². The van der Waals surface area contributed by atoms with E-state index in [1.165, 1.54) is 0 Å². The molecule has 0 spiro atoms. The van der Waals surface area contributed by atoms with Gasteiger partial charge in [0.15, 0.2) is 0 Å². The Balaban J connectivity index is 2.41. The van der Waals surface area contributed by atoms with E-state index in [9.17, 15) is 0 Å². The molecule has 0 saturated heterocycles. The van der Waals surface area contributed by atoms with Crippen molar-refractivity contribution < 1.29 is 9.47 Å². The predicted octanol–water partition coefficient (Wildman–Crippen LogP) is 2.50. The van der Waals surface area contributed by atoms with E-state index < -0.39 is 0 Å². The van der Waals surface area contributed by atoms with E-state index in [4.69, 9.17) is 26.8 Å². The van der Waals surface area contributed by atoms with Crippen LogP contribution in [0.3, 0.4) is 0 Å². The van der Waals surface area contributed by atoms with Crippen LogP contribution in [0, 0.1) is 5.92 Å². The van der Waals surface area contributed by atoms with Gasteiger partial charge in [0.05, 0.1) is 11.1 Å². The normalized spacial score (nSPS) is 14.6. The molecule has 0 aliphatic carbocycles. The molecular weight excluding hydrogens is 252 g/mol. The molecule has 0 bridgehead atoms. The maximum Gasteiger partial charge on any atom is 0.213 e. The average Bonchev–Trinajstić information content (AvgIpc) is 2.35. The zero-order chi connectivity index (χ0) is 13.5. The Kier molecular flexibility index (Phi) is 6.39. The molecule has 0 aromatic carbocycles. The Labute approximate surface area is 113 Å². The second-order valence-electron chi connectivity index (χ2n) is 4.57. The number of pyridine rings is 1. The van der Waals surface area contributed by atoms with Crippen molar-refractivity contribution in [1.29, 1.82) is 0 Å². The first-order valence-corrected chi connectivity index (χ1v) is 6.50. The van der Waals surface area contributed by atoms with Gasteiger partial charge in [0, 0.05) is 18.8 Å². The third-order valence-corrected chi connectivity index (χ3v) is 2.95. The van der Waals surface area contributed by atoms with Gasteiger partial charge in [-0.3, -0.25) is 0 Å². The molecule has 4 nitrogen and oxygen atoms in total. The zero-order valence-electron chi connectivity index (χ0n) is 11.1. The standard InChI is InChI=1S/C13H21ClN2O2/c1-9(2)10(3)18-12(6-15)8-17-13-5-4-11(14)7-16-13/h4-5,7,9-10,12H,6,8,15H2,1-3H3/t10-,12-/m0/s1. The SMILES string of the molecule is CC(C)[C@H](C)O[C@@H](CN)COc1ccc(Cl)cn1. The molecule has 1 rings (SSSR count). The number of hydrogen-bond acceptors (Lipinski definition) is 4. The largest absolute Gasteiger partial charge is 0.475 e. The minimum atomic E-state index is -0.125. The summed E-state index contributed by atoms with van der Waals surface area (Å²) in [6.45, 7) is 7.07. The van der Waals surface area contributed by atoms with Crippen molar-refractivity contribution in [2.45, 2.75) is 33.0 Å². The van der Waals surface area contributed by atoms with E-state index in [-0.39, 0.29) is 12.2 Å². The molecule has 0 saturated carbocycles. The lowest BCUT2D eigenvalue weighted by atomic mass is 10.1. The minimum absolute atomic E-state index is 0.125. The van der Waals surface area contributed by atoms with Gasteiger partial charge in [-0.05, 0) is 18.9 Å². The first-order chi connectivity index (χ1) is 8.52. The second-order valence-corrected chi connectivity index (χ2v) is 5.01. The van der Waals surface area contributed by atoms with Crippen LogP contribution in [0.15, 0.2) is 18.3 Å². The third kappa shape index (κ3) is 5.21. The highest BCUT2D eigenvalue weighted by atomic mass is 35.5. The monoisotopic (exact) mass is 272 g/mol. The lowest BCUT2D eigenvalue weighted by molar-refractivity contribution is -0.0403. The van der Waals surface area contributed by atoms with Gasteiger partial charge >= 0.3 is 0 Å². The average molecular weight is 273 g/mol. The van der Waals surface area contributed by atoms with Crippen LogP contribution in [0.5, 0.6) is 5.88 Å². The molecule has 0 amide bonds. The number of nitrogens with zero attached hydrogens (tertiary/aromatic N) is 1. The molecule has 18 heavy (non-hydrogen) atoms. The Bertz CT molecular complexity index is 343. The van der Waals surface area contributed by atoms with Crippen molar-refractivity contribution in [2.75, 3.05) is 13.2 Å². The smallest absolute Gasteiger partial charge is 0.213 e. The summed E-state index contributed by atoms with van der Waals surface area (Å²) < 4.78 is 11.3. The number of rotatable bonds is 7. The van der Waals surface area contributed by atoms with Crippen molar-refractivity contribution >= 4 is 11.6 Å². The Morgan fingerprint density at radius 3 is 2.56 bits per heavy atom. The lowest BCUT2D eigenvalue weighted by Gasteiger charge is -2.23. The van der Waals surface area contributed by atoms with E-state index in [1.54, 1.807) is 18.3 Å². The number of aromatic nitrogens is 1. The van der Waals surface area contributed by atoms with Gasteiger partial charge in [-0.25, -0.2) is 4.98 Å². The summed E-state index contributed by atoms with van der Waals surface area (Å²) in [6, 6.07) is 3.46. The highest BCUT2D eigenvalue weighted by Gasteiger charge is 2.15. The Morgan fingerprint density at radius 2 is 2.06 bits per heavy atom. The quantitative estimate of drug-likeness (QED) is 0.829. The first-order valence-electron chi connectivity index (χ1n) is 6.12. The fraction of sp³-hybridized carbons (Fsp3) is 0.615. The van der Waals surface area contributed by atoms with Gasteiger partial charge in [0.25, 0.3) is 0 Å². The second kappa shape index (κ2) is 7.56. The number of nitrogens with two attached hydrogens (primary N) is 1. The van der Waals surface area contributed by atoms with Crippen LogP contribution in [0.1, 0.15) is 20.8 Å². The van der Waals surface area contributed by atoms with Crippen molar-refractivity contribution in [3.05, 3.63) is 23.4 Å². The molecule has 2 N–H and O–H groups in total.